The van der Waals surface area contributed by atoms with Gasteiger partial charge < -0.3 is 10.2 Å². The van der Waals surface area contributed by atoms with Gasteiger partial charge in [0, 0.05) is 24.7 Å². The van der Waals surface area contributed by atoms with Gasteiger partial charge in [0.1, 0.15) is 0 Å². The molecule has 1 aliphatic carbocycles. The quantitative estimate of drug-likeness (QED) is 0.641. The van der Waals surface area contributed by atoms with Crippen molar-refractivity contribution in [2.75, 3.05) is 32.5 Å². The van der Waals surface area contributed by atoms with Gasteiger partial charge in [-0.05, 0) is 88.8 Å². The molecular weight excluding hydrogens is 410 g/mol. The predicted molar refractivity (Wildman–Crippen MR) is 126 cm³/mol. The van der Waals surface area contributed by atoms with Crippen LogP contribution >= 0.6 is 0 Å². The summed E-state index contributed by atoms with van der Waals surface area (Å²) in [5.41, 5.74) is 0.666. The molecule has 0 spiro atoms. The van der Waals surface area contributed by atoms with Crippen molar-refractivity contribution in [2.45, 2.75) is 75.6 Å². The van der Waals surface area contributed by atoms with Crippen LogP contribution < -0.4 is 5.32 Å². The normalized spacial score (nSPS) is 23.7. The fourth-order valence-corrected chi connectivity index (χ4v) is 6.30. The van der Waals surface area contributed by atoms with Crippen LogP contribution in [0, 0.1) is 11.8 Å². The molecule has 1 aromatic rings. The van der Waals surface area contributed by atoms with E-state index < -0.39 is 10.0 Å². The number of benzene rings is 1. The van der Waals surface area contributed by atoms with E-state index >= 15 is 0 Å². The highest BCUT2D eigenvalue weighted by molar-refractivity contribution is 7.89. The molecule has 6 nitrogen and oxygen atoms in total. The number of amides is 1. The summed E-state index contributed by atoms with van der Waals surface area (Å²) >= 11 is 0. The second kappa shape index (κ2) is 10.9. The Morgan fingerprint density at radius 2 is 1.68 bits per heavy atom. The number of nitrogens with zero attached hydrogens (tertiary/aromatic N) is 2. The lowest BCUT2D eigenvalue weighted by Gasteiger charge is -2.34. The molecule has 2 aliphatic rings. The SMILES string of the molecule is CCCCC1CCC(C(=O)Nc2ccc(S(=O)(=O)N(C)C3CCN(C)CC3)cc2)CC1. The molecule has 1 amide bonds. The molecule has 31 heavy (non-hydrogen) atoms. The number of sulfonamides is 1. The first-order valence-corrected chi connectivity index (χ1v) is 13.3. The first-order chi connectivity index (χ1) is 14.8. The van der Waals surface area contributed by atoms with Crippen molar-refractivity contribution in [1.82, 2.24) is 9.21 Å². The van der Waals surface area contributed by atoms with Crippen molar-refractivity contribution in [1.29, 1.82) is 0 Å². The number of carbonyl (C=O) groups excluding carboxylic acids is 1. The molecule has 0 atom stereocenters. The van der Waals surface area contributed by atoms with E-state index in [1.165, 1.54) is 23.6 Å². The number of likely N-dealkylation sites (tertiary alicyclic amines) is 1. The molecule has 1 aliphatic heterocycles. The Labute approximate surface area is 188 Å². The first-order valence-electron chi connectivity index (χ1n) is 11.9. The van der Waals surface area contributed by atoms with Crippen molar-refractivity contribution in [3.8, 4) is 0 Å². The monoisotopic (exact) mass is 449 g/mol. The largest absolute Gasteiger partial charge is 0.326 e. The molecule has 1 N–H and O–H groups in total. The van der Waals surface area contributed by atoms with Gasteiger partial charge in [0.05, 0.1) is 4.90 Å². The van der Waals surface area contributed by atoms with Crippen molar-refractivity contribution in [2.24, 2.45) is 11.8 Å². The smallest absolute Gasteiger partial charge is 0.243 e. The van der Waals surface area contributed by atoms with Gasteiger partial charge in [-0.2, -0.15) is 4.31 Å². The minimum absolute atomic E-state index is 0.0352. The molecule has 7 heteroatoms. The summed E-state index contributed by atoms with van der Waals surface area (Å²) in [4.78, 5) is 15.2. The number of rotatable bonds is 8. The van der Waals surface area contributed by atoms with Gasteiger partial charge >= 0.3 is 0 Å². The highest BCUT2D eigenvalue weighted by Gasteiger charge is 2.30. The third-order valence-corrected chi connectivity index (χ3v) is 9.11. The minimum atomic E-state index is -3.53. The van der Waals surface area contributed by atoms with Crippen LogP contribution in [0.1, 0.15) is 64.7 Å². The summed E-state index contributed by atoms with van der Waals surface area (Å²) in [6.45, 7) is 4.05. The van der Waals surface area contributed by atoms with E-state index in [1.54, 1.807) is 31.3 Å². The molecule has 1 saturated heterocycles. The summed E-state index contributed by atoms with van der Waals surface area (Å²) in [5, 5.41) is 2.99. The Kier molecular flexibility index (Phi) is 8.53. The van der Waals surface area contributed by atoms with Crippen LogP contribution in [0.25, 0.3) is 0 Å². The van der Waals surface area contributed by atoms with Gasteiger partial charge in [0.25, 0.3) is 0 Å². The summed E-state index contributed by atoms with van der Waals surface area (Å²) in [6, 6.07) is 6.67. The Balaban J connectivity index is 1.54. The average molecular weight is 450 g/mol. The standard InChI is InChI=1S/C24H39N3O3S/c1-4-5-6-19-7-9-20(10-8-19)24(28)25-21-11-13-23(14-12-21)31(29,30)27(3)22-15-17-26(2)18-16-22/h11-14,19-20,22H,4-10,15-18H2,1-3H3,(H,25,28). The van der Waals surface area contributed by atoms with Crippen LogP contribution in [0.3, 0.4) is 0 Å². The van der Waals surface area contributed by atoms with Crippen LogP contribution in [0.5, 0.6) is 0 Å². The Bertz CT molecular complexity index is 809. The van der Waals surface area contributed by atoms with Crippen LogP contribution in [0.15, 0.2) is 29.2 Å². The number of piperidine rings is 1. The lowest BCUT2D eigenvalue weighted by molar-refractivity contribution is -0.121. The van der Waals surface area contributed by atoms with Gasteiger partial charge in [-0.1, -0.05) is 26.2 Å². The maximum atomic E-state index is 13.0. The third-order valence-electron chi connectivity index (χ3n) is 7.18. The highest BCUT2D eigenvalue weighted by Crippen LogP contribution is 2.32. The predicted octanol–water partition coefficient (Wildman–Crippen LogP) is 4.34. The first kappa shape index (κ1) is 24.2. The van der Waals surface area contributed by atoms with Crippen LogP contribution in [0.4, 0.5) is 5.69 Å². The van der Waals surface area contributed by atoms with Gasteiger partial charge in [0.2, 0.25) is 15.9 Å². The van der Waals surface area contributed by atoms with E-state index in [-0.39, 0.29) is 22.8 Å². The second-order valence-electron chi connectivity index (χ2n) is 9.43. The Morgan fingerprint density at radius 1 is 1.06 bits per heavy atom. The summed E-state index contributed by atoms with van der Waals surface area (Å²) in [5.74, 6) is 0.903. The molecule has 174 valence electrons. The zero-order valence-electron chi connectivity index (χ0n) is 19.3. The van der Waals surface area contributed by atoms with Crippen LogP contribution in [0.2, 0.25) is 0 Å². The number of nitrogens with one attached hydrogen (secondary N) is 1. The average Bonchev–Trinajstić information content (AvgIpc) is 2.78. The fourth-order valence-electron chi connectivity index (χ4n) is 4.88. The van der Waals surface area contributed by atoms with E-state index in [0.717, 1.165) is 57.5 Å². The van der Waals surface area contributed by atoms with Gasteiger partial charge in [-0.15, -0.1) is 0 Å². The highest BCUT2D eigenvalue weighted by atomic mass is 32.2. The zero-order valence-corrected chi connectivity index (χ0v) is 20.2. The van der Waals surface area contributed by atoms with E-state index in [1.807, 2.05) is 0 Å². The topological polar surface area (TPSA) is 69.7 Å². The maximum absolute atomic E-state index is 13.0. The van der Waals surface area contributed by atoms with E-state index in [4.69, 9.17) is 0 Å². The van der Waals surface area contributed by atoms with Gasteiger partial charge in [0.15, 0.2) is 0 Å². The molecule has 1 aromatic carbocycles. The number of anilines is 1. The van der Waals surface area contributed by atoms with Crippen molar-refractivity contribution in [3.05, 3.63) is 24.3 Å². The minimum Gasteiger partial charge on any atom is -0.326 e. The van der Waals surface area contributed by atoms with E-state index in [9.17, 15) is 13.2 Å². The molecular formula is C24H39N3O3S. The third kappa shape index (κ3) is 6.30. The number of carbonyl (C=O) groups is 1. The van der Waals surface area contributed by atoms with Gasteiger partial charge in [-0.3, -0.25) is 4.79 Å². The fraction of sp³-hybridized carbons (Fsp3) is 0.708. The van der Waals surface area contributed by atoms with Crippen LogP contribution in [-0.2, 0) is 14.8 Å². The zero-order chi connectivity index (χ0) is 22.4. The number of hydrogen-bond donors (Lipinski definition) is 1. The Morgan fingerprint density at radius 3 is 2.26 bits per heavy atom. The lowest BCUT2D eigenvalue weighted by Crippen LogP contribution is -2.44. The molecule has 1 heterocycles. The maximum Gasteiger partial charge on any atom is 0.243 e. The number of hydrogen-bond acceptors (Lipinski definition) is 4. The van der Waals surface area contributed by atoms with E-state index in [2.05, 4.69) is 24.2 Å². The molecule has 3 rings (SSSR count). The van der Waals surface area contributed by atoms with E-state index in [0.29, 0.717) is 5.69 Å². The second-order valence-corrected chi connectivity index (χ2v) is 11.4. The summed E-state index contributed by atoms with van der Waals surface area (Å²) in [7, 11) is 0.210. The lowest BCUT2D eigenvalue weighted by atomic mass is 9.79. The molecule has 0 radical (unpaired) electrons. The van der Waals surface area contributed by atoms with Crippen molar-refractivity contribution >= 4 is 21.6 Å². The summed E-state index contributed by atoms with van der Waals surface area (Å²) < 4.78 is 27.6. The molecule has 0 aromatic heterocycles. The molecule has 2 fully saturated rings. The molecule has 1 saturated carbocycles. The summed E-state index contributed by atoms with van der Waals surface area (Å²) in [6.07, 6.45) is 9.68. The molecule has 0 bridgehead atoms. The van der Waals surface area contributed by atoms with Crippen molar-refractivity contribution < 1.29 is 13.2 Å². The number of unbranched alkanes of at least 4 members (excludes halogenated alkanes) is 1. The Hall–Kier alpha value is -1.44. The van der Waals surface area contributed by atoms with Gasteiger partial charge in [-0.25, -0.2) is 8.42 Å². The van der Waals surface area contributed by atoms with Crippen LogP contribution in [-0.4, -0.2) is 56.8 Å². The van der Waals surface area contributed by atoms with Crippen molar-refractivity contribution in [3.63, 3.8) is 0 Å². The molecule has 0 unspecified atom stereocenters.